The highest BCUT2D eigenvalue weighted by Crippen LogP contribution is 2.42. The molecule has 20 heavy (non-hydrogen) atoms. The van der Waals surface area contributed by atoms with Gasteiger partial charge in [-0.25, -0.2) is 0 Å². The van der Waals surface area contributed by atoms with Gasteiger partial charge in [-0.1, -0.05) is 32.4 Å². The highest BCUT2D eigenvalue weighted by molar-refractivity contribution is 5.46. The monoisotopic (exact) mass is 278 g/mol. The fourth-order valence-electron chi connectivity index (χ4n) is 2.68. The Morgan fingerprint density at radius 2 is 1.85 bits per heavy atom. The Kier molecular flexibility index (Phi) is 4.71. The van der Waals surface area contributed by atoms with Crippen LogP contribution in [0.2, 0.25) is 0 Å². The van der Waals surface area contributed by atoms with Gasteiger partial charge in [0.25, 0.3) is 0 Å². The topological polar surface area (TPSA) is 27.7 Å². The van der Waals surface area contributed by atoms with E-state index in [0.29, 0.717) is 25.7 Å². The lowest BCUT2D eigenvalue weighted by Gasteiger charge is -2.30. The molecule has 3 nitrogen and oxygen atoms in total. The summed E-state index contributed by atoms with van der Waals surface area (Å²) in [6, 6.07) is 4.29. The molecule has 1 fully saturated rings. The summed E-state index contributed by atoms with van der Waals surface area (Å²) >= 11 is 0. The van der Waals surface area contributed by atoms with Gasteiger partial charge in [0.2, 0.25) is 0 Å². The summed E-state index contributed by atoms with van der Waals surface area (Å²) in [6.07, 6.45) is 0.786. The van der Waals surface area contributed by atoms with E-state index < -0.39 is 5.79 Å². The van der Waals surface area contributed by atoms with Crippen molar-refractivity contribution in [2.24, 2.45) is 5.92 Å². The average molecular weight is 278 g/mol. The molecule has 0 N–H and O–H groups in total. The van der Waals surface area contributed by atoms with E-state index in [4.69, 9.17) is 14.2 Å². The van der Waals surface area contributed by atoms with E-state index in [1.165, 1.54) is 5.56 Å². The predicted octanol–water partition coefficient (Wildman–Crippen LogP) is 3.95. The number of ether oxygens (including phenoxy) is 3. The number of aryl methyl sites for hydroxylation is 2. The zero-order valence-corrected chi connectivity index (χ0v) is 13.3. The molecule has 0 amide bonds. The first kappa shape index (κ1) is 15.3. The molecule has 1 heterocycles. The van der Waals surface area contributed by atoms with E-state index in [2.05, 4.69) is 46.8 Å². The Morgan fingerprint density at radius 1 is 1.20 bits per heavy atom. The van der Waals surface area contributed by atoms with Gasteiger partial charge >= 0.3 is 0 Å². The minimum Gasteiger partial charge on any atom is -0.493 e. The van der Waals surface area contributed by atoms with Crippen molar-refractivity contribution in [3.63, 3.8) is 0 Å². The Labute approximate surface area is 122 Å². The molecule has 1 saturated heterocycles. The van der Waals surface area contributed by atoms with E-state index in [9.17, 15) is 0 Å². The molecule has 1 aromatic rings. The third kappa shape index (κ3) is 2.99. The smallest absolute Gasteiger partial charge is 0.198 e. The highest BCUT2D eigenvalue weighted by Gasteiger charge is 2.39. The van der Waals surface area contributed by atoms with Crippen molar-refractivity contribution in [2.75, 3.05) is 19.8 Å². The van der Waals surface area contributed by atoms with Crippen molar-refractivity contribution in [2.45, 2.75) is 46.8 Å². The lowest BCUT2D eigenvalue weighted by molar-refractivity contribution is -0.168. The van der Waals surface area contributed by atoms with Gasteiger partial charge in [-0.3, -0.25) is 0 Å². The Morgan fingerprint density at radius 3 is 2.40 bits per heavy atom. The molecular formula is C17H26O3. The molecule has 1 aromatic carbocycles. The van der Waals surface area contributed by atoms with Crippen molar-refractivity contribution < 1.29 is 14.2 Å². The van der Waals surface area contributed by atoms with E-state index >= 15 is 0 Å². The van der Waals surface area contributed by atoms with Gasteiger partial charge in [-0.2, -0.15) is 0 Å². The zero-order chi connectivity index (χ0) is 14.8. The summed E-state index contributed by atoms with van der Waals surface area (Å²) in [6.45, 7) is 12.6. The minimum absolute atomic E-state index is 0.492. The maximum absolute atomic E-state index is 6.06. The van der Waals surface area contributed by atoms with Crippen LogP contribution in [-0.4, -0.2) is 19.8 Å². The van der Waals surface area contributed by atoms with Gasteiger partial charge in [0.1, 0.15) is 5.75 Å². The minimum atomic E-state index is -0.636. The number of benzene rings is 1. The fraction of sp³-hybridized carbons (Fsp3) is 0.647. The molecule has 0 unspecified atom stereocenters. The molecule has 0 saturated carbocycles. The van der Waals surface area contributed by atoms with Gasteiger partial charge in [0.15, 0.2) is 5.79 Å². The van der Waals surface area contributed by atoms with E-state index in [1.807, 2.05) is 0 Å². The van der Waals surface area contributed by atoms with Crippen LogP contribution in [0.3, 0.4) is 0 Å². The summed E-state index contributed by atoms with van der Waals surface area (Å²) in [4.78, 5) is 0. The van der Waals surface area contributed by atoms with Crippen LogP contribution >= 0.6 is 0 Å². The third-order valence-electron chi connectivity index (χ3n) is 3.61. The van der Waals surface area contributed by atoms with E-state index in [-0.39, 0.29) is 0 Å². The first-order chi connectivity index (χ1) is 9.48. The Hall–Kier alpha value is -1.06. The molecule has 1 aliphatic heterocycles. The standard InChI is InChI=1S/C17H26O3/c1-6-17(19-7-8-20-17)15-10-13(4)9-14(5)16(15)18-11-12(2)3/h9-10,12H,6-8,11H2,1-5H3. The van der Waals surface area contributed by atoms with Crippen LogP contribution in [-0.2, 0) is 15.3 Å². The van der Waals surface area contributed by atoms with Crippen molar-refractivity contribution in [3.8, 4) is 5.75 Å². The maximum atomic E-state index is 6.06. The molecule has 0 bridgehead atoms. The molecule has 0 atom stereocenters. The Bertz CT molecular complexity index is 460. The largest absolute Gasteiger partial charge is 0.493 e. The van der Waals surface area contributed by atoms with Gasteiger partial charge in [0, 0.05) is 6.42 Å². The highest BCUT2D eigenvalue weighted by atomic mass is 16.7. The normalized spacial score (nSPS) is 17.7. The van der Waals surface area contributed by atoms with Crippen molar-refractivity contribution >= 4 is 0 Å². The van der Waals surface area contributed by atoms with Crippen molar-refractivity contribution in [1.29, 1.82) is 0 Å². The first-order valence-electron chi connectivity index (χ1n) is 7.51. The van der Waals surface area contributed by atoms with E-state index in [1.54, 1.807) is 0 Å². The Balaban J connectivity index is 2.43. The summed E-state index contributed by atoms with van der Waals surface area (Å²) in [5.41, 5.74) is 3.39. The maximum Gasteiger partial charge on any atom is 0.198 e. The van der Waals surface area contributed by atoms with Crippen LogP contribution in [0, 0.1) is 19.8 Å². The third-order valence-corrected chi connectivity index (χ3v) is 3.61. The van der Waals surface area contributed by atoms with Crippen LogP contribution in [0.4, 0.5) is 0 Å². The van der Waals surface area contributed by atoms with Gasteiger partial charge in [0.05, 0.1) is 25.4 Å². The second kappa shape index (κ2) is 6.15. The first-order valence-corrected chi connectivity index (χ1v) is 7.51. The molecule has 1 aliphatic rings. The molecule has 0 radical (unpaired) electrons. The van der Waals surface area contributed by atoms with Crippen LogP contribution in [0.1, 0.15) is 43.9 Å². The van der Waals surface area contributed by atoms with Crippen LogP contribution in [0.25, 0.3) is 0 Å². The van der Waals surface area contributed by atoms with E-state index in [0.717, 1.165) is 23.3 Å². The van der Waals surface area contributed by atoms with Crippen LogP contribution in [0.15, 0.2) is 12.1 Å². The molecule has 0 aliphatic carbocycles. The van der Waals surface area contributed by atoms with Crippen molar-refractivity contribution in [3.05, 3.63) is 28.8 Å². The SMILES string of the molecule is CCC1(c2cc(C)cc(C)c2OCC(C)C)OCCO1. The lowest BCUT2D eigenvalue weighted by atomic mass is 9.96. The number of hydrogen-bond acceptors (Lipinski definition) is 3. The molecular weight excluding hydrogens is 252 g/mol. The summed E-state index contributed by atoms with van der Waals surface area (Å²) < 4.78 is 17.9. The molecule has 112 valence electrons. The molecule has 2 rings (SSSR count). The predicted molar refractivity (Wildman–Crippen MR) is 80.1 cm³/mol. The molecule has 3 heteroatoms. The summed E-state index contributed by atoms with van der Waals surface area (Å²) in [7, 11) is 0. The van der Waals surface area contributed by atoms with Crippen LogP contribution < -0.4 is 4.74 Å². The van der Waals surface area contributed by atoms with Gasteiger partial charge in [-0.15, -0.1) is 0 Å². The number of hydrogen-bond donors (Lipinski definition) is 0. The van der Waals surface area contributed by atoms with Crippen molar-refractivity contribution in [1.82, 2.24) is 0 Å². The second-order valence-electron chi connectivity index (χ2n) is 5.97. The summed E-state index contributed by atoms with van der Waals surface area (Å²) in [5.74, 6) is 0.780. The molecule has 0 spiro atoms. The fourth-order valence-corrected chi connectivity index (χ4v) is 2.68. The lowest BCUT2D eigenvalue weighted by Crippen LogP contribution is -2.27. The quantitative estimate of drug-likeness (QED) is 0.816. The van der Waals surface area contributed by atoms with Crippen LogP contribution in [0.5, 0.6) is 5.75 Å². The van der Waals surface area contributed by atoms with Gasteiger partial charge in [-0.05, 0) is 31.4 Å². The molecule has 0 aromatic heterocycles. The average Bonchev–Trinajstić information content (AvgIpc) is 2.86. The van der Waals surface area contributed by atoms with Gasteiger partial charge < -0.3 is 14.2 Å². The number of rotatable bonds is 5. The summed E-state index contributed by atoms with van der Waals surface area (Å²) in [5, 5.41) is 0. The second-order valence-corrected chi connectivity index (χ2v) is 5.97. The zero-order valence-electron chi connectivity index (χ0n) is 13.3.